The summed E-state index contributed by atoms with van der Waals surface area (Å²) in [4.78, 5) is 10.7. The van der Waals surface area contributed by atoms with Crippen molar-refractivity contribution in [3.05, 3.63) is 95.5 Å². The molecule has 0 heterocycles. The Morgan fingerprint density at radius 3 is 2.47 bits per heavy atom. The molecule has 0 fully saturated rings. The van der Waals surface area contributed by atoms with Gasteiger partial charge in [-0.15, -0.1) is 0 Å². The first-order valence-electron chi connectivity index (χ1n) is 9.20. The molecule has 148 valence electrons. The summed E-state index contributed by atoms with van der Waals surface area (Å²) >= 11 is 6.19. The SMILES string of the molecule is O=C(O)C=Cc1ccc(Oc2c(-c3cccc(Cl)c3)ccc3cc(O)ccc23)cc1. The second kappa shape index (κ2) is 8.31. The molecule has 0 aromatic heterocycles. The number of halogens is 1. The molecule has 0 unspecified atom stereocenters. The number of benzene rings is 4. The summed E-state index contributed by atoms with van der Waals surface area (Å²) in [6.45, 7) is 0. The fraction of sp³-hybridized carbons (Fsp3) is 0. The van der Waals surface area contributed by atoms with Crippen molar-refractivity contribution in [1.82, 2.24) is 0 Å². The zero-order chi connectivity index (χ0) is 21.1. The normalized spacial score (nSPS) is 11.1. The van der Waals surface area contributed by atoms with E-state index >= 15 is 0 Å². The summed E-state index contributed by atoms with van der Waals surface area (Å²) in [6, 6.07) is 23.6. The zero-order valence-corrected chi connectivity index (χ0v) is 16.5. The van der Waals surface area contributed by atoms with Crippen molar-refractivity contribution < 1.29 is 19.7 Å². The second-order valence-electron chi connectivity index (χ2n) is 6.70. The molecule has 0 atom stereocenters. The summed E-state index contributed by atoms with van der Waals surface area (Å²) < 4.78 is 6.27. The number of hydrogen-bond donors (Lipinski definition) is 2. The van der Waals surface area contributed by atoms with E-state index in [1.165, 1.54) is 6.08 Å². The highest BCUT2D eigenvalue weighted by molar-refractivity contribution is 6.30. The van der Waals surface area contributed by atoms with Crippen LogP contribution in [0.25, 0.3) is 28.0 Å². The van der Waals surface area contributed by atoms with E-state index in [2.05, 4.69) is 0 Å². The van der Waals surface area contributed by atoms with Gasteiger partial charge in [0.2, 0.25) is 0 Å². The Morgan fingerprint density at radius 1 is 0.933 bits per heavy atom. The highest BCUT2D eigenvalue weighted by Gasteiger charge is 2.13. The van der Waals surface area contributed by atoms with Crippen molar-refractivity contribution in [2.75, 3.05) is 0 Å². The van der Waals surface area contributed by atoms with Crippen molar-refractivity contribution in [3.63, 3.8) is 0 Å². The van der Waals surface area contributed by atoms with Crippen molar-refractivity contribution in [2.24, 2.45) is 0 Å². The highest BCUT2D eigenvalue weighted by Crippen LogP contribution is 2.41. The second-order valence-corrected chi connectivity index (χ2v) is 7.14. The van der Waals surface area contributed by atoms with Crippen molar-refractivity contribution in [3.8, 4) is 28.4 Å². The monoisotopic (exact) mass is 416 g/mol. The molecule has 0 spiro atoms. The fourth-order valence-corrected chi connectivity index (χ4v) is 3.40. The van der Waals surface area contributed by atoms with Crippen LogP contribution in [-0.4, -0.2) is 16.2 Å². The van der Waals surface area contributed by atoms with Gasteiger partial charge >= 0.3 is 5.97 Å². The average Bonchev–Trinajstić information content (AvgIpc) is 2.73. The standard InChI is InChI=1S/C25H17ClO4/c26-19-3-1-2-17(14-19)22-11-7-18-15-20(27)8-12-23(18)25(22)30-21-9-4-16(5-10-21)6-13-24(28)29/h1-15,27H,(H,28,29). The van der Waals surface area contributed by atoms with Gasteiger partial charge in [-0.05, 0) is 71.1 Å². The van der Waals surface area contributed by atoms with Crippen LogP contribution < -0.4 is 4.74 Å². The topological polar surface area (TPSA) is 66.8 Å². The summed E-state index contributed by atoms with van der Waals surface area (Å²) in [5, 5.41) is 20.9. The molecule has 30 heavy (non-hydrogen) atoms. The Labute approximate surface area is 178 Å². The number of phenolic OH excluding ortho intramolecular Hbond substituents is 1. The van der Waals surface area contributed by atoms with E-state index in [0.717, 1.165) is 33.5 Å². The number of carboxylic acids is 1. The van der Waals surface area contributed by atoms with Gasteiger partial charge in [-0.1, -0.05) is 41.9 Å². The van der Waals surface area contributed by atoms with Gasteiger partial charge in [0.05, 0.1) is 0 Å². The molecule has 4 rings (SSSR count). The Bertz CT molecular complexity index is 1260. The minimum Gasteiger partial charge on any atom is -0.508 e. The molecule has 0 amide bonds. The molecule has 0 saturated heterocycles. The Kier molecular flexibility index (Phi) is 5.42. The number of aliphatic carboxylic acids is 1. The smallest absolute Gasteiger partial charge is 0.328 e. The molecule has 0 radical (unpaired) electrons. The lowest BCUT2D eigenvalue weighted by Gasteiger charge is -2.15. The van der Waals surface area contributed by atoms with Crippen molar-refractivity contribution >= 4 is 34.4 Å². The number of hydrogen-bond acceptors (Lipinski definition) is 3. The first-order chi connectivity index (χ1) is 14.5. The van der Waals surface area contributed by atoms with Crippen LogP contribution in [-0.2, 0) is 4.79 Å². The van der Waals surface area contributed by atoms with E-state index < -0.39 is 5.97 Å². The summed E-state index contributed by atoms with van der Waals surface area (Å²) in [5.41, 5.74) is 2.53. The van der Waals surface area contributed by atoms with Crippen LogP contribution in [0, 0.1) is 0 Å². The molecule has 4 aromatic carbocycles. The van der Waals surface area contributed by atoms with Crippen molar-refractivity contribution in [1.29, 1.82) is 0 Å². The van der Waals surface area contributed by atoms with E-state index in [9.17, 15) is 9.90 Å². The number of carbonyl (C=O) groups is 1. The Morgan fingerprint density at radius 2 is 1.73 bits per heavy atom. The molecule has 0 aliphatic rings. The third kappa shape index (κ3) is 4.29. The largest absolute Gasteiger partial charge is 0.508 e. The molecule has 0 aliphatic heterocycles. The van der Waals surface area contributed by atoms with Gasteiger partial charge in [0.25, 0.3) is 0 Å². The number of rotatable bonds is 5. The molecule has 0 aliphatic carbocycles. The molecule has 4 nitrogen and oxygen atoms in total. The lowest BCUT2D eigenvalue weighted by atomic mass is 9.99. The number of fused-ring (bicyclic) bond motifs is 1. The van der Waals surface area contributed by atoms with Gasteiger partial charge in [-0.25, -0.2) is 4.79 Å². The quantitative estimate of drug-likeness (QED) is 0.353. The maximum atomic E-state index is 10.7. The molecule has 0 saturated carbocycles. The lowest BCUT2D eigenvalue weighted by molar-refractivity contribution is -0.131. The number of ether oxygens (including phenoxy) is 1. The van der Waals surface area contributed by atoms with Crippen LogP contribution in [0.2, 0.25) is 5.02 Å². The van der Waals surface area contributed by atoms with Gasteiger partial charge in [-0.2, -0.15) is 0 Å². The van der Waals surface area contributed by atoms with Crippen LogP contribution in [0.15, 0.2) is 84.9 Å². The van der Waals surface area contributed by atoms with E-state index in [0.29, 0.717) is 16.5 Å². The maximum absolute atomic E-state index is 10.7. The van der Waals surface area contributed by atoms with Crippen LogP contribution in [0.3, 0.4) is 0 Å². The molecular formula is C25H17ClO4. The highest BCUT2D eigenvalue weighted by atomic mass is 35.5. The predicted octanol–water partition coefficient (Wildman–Crippen LogP) is 6.76. The lowest BCUT2D eigenvalue weighted by Crippen LogP contribution is -1.91. The minimum atomic E-state index is -1.000. The van der Waals surface area contributed by atoms with E-state index in [4.69, 9.17) is 21.4 Å². The van der Waals surface area contributed by atoms with Gasteiger partial charge in [0.1, 0.15) is 17.2 Å². The van der Waals surface area contributed by atoms with Gasteiger partial charge in [0, 0.05) is 22.0 Å². The molecule has 2 N–H and O–H groups in total. The minimum absolute atomic E-state index is 0.179. The molecule has 0 bridgehead atoms. The average molecular weight is 417 g/mol. The molecule has 5 heteroatoms. The Balaban J connectivity index is 1.79. The van der Waals surface area contributed by atoms with Gasteiger partial charge in [0.15, 0.2) is 0 Å². The van der Waals surface area contributed by atoms with Crippen LogP contribution in [0.1, 0.15) is 5.56 Å². The summed E-state index contributed by atoms with van der Waals surface area (Å²) in [7, 11) is 0. The van der Waals surface area contributed by atoms with Gasteiger partial charge < -0.3 is 14.9 Å². The van der Waals surface area contributed by atoms with Crippen LogP contribution >= 0.6 is 11.6 Å². The van der Waals surface area contributed by atoms with Gasteiger partial charge in [-0.3, -0.25) is 0 Å². The number of aromatic hydroxyl groups is 1. The molecular weight excluding hydrogens is 400 g/mol. The Hall–Kier alpha value is -3.76. The van der Waals surface area contributed by atoms with Crippen molar-refractivity contribution in [2.45, 2.75) is 0 Å². The fourth-order valence-electron chi connectivity index (χ4n) is 3.21. The summed E-state index contributed by atoms with van der Waals surface area (Å²) in [6.07, 6.45) is 2.61. The first kappa shape index (κ1) is 19.6. The maximum Gasteiger partial charge on any atom is 0.328 e. The summed E-state index contributed by atoms with van der Waals surface area (Å²) in [5.74, 6) is 0.425. The van der Waals surface area contributed by atoms with E-state index in [1.807, 2.05) is 42.5 Å². The predicted molar refractivity (Wildman–Crippen MR) is 119 cm³/mol. The third-order valence-corrected chi connectivity index (χ3v) is 4.84. The first-order valence-corrected chi connectivity index (χ1v) is 9.58. The van der Waals surface area contributed by atoms with Crippen LogP contribution in [0.4, 0.5) is 0 Å². The van der Waals surface area contributed by atoms with Crippen LogP contribution in [0.5, 0.6) is 17.2 Å². The number of phenols is 1. The number of carboxylic acid groups (broad SMARTS) is 1. The molecule has 4 aromatic rings. The van der Waals surface area contributed by atoms with E-state index in [-0.39, 0.29) is 5.75 Å². The van der Waals surface area contributed by atoms with E-state index in [1.54, 1.807) is 36.4 Å². The zero-order valence-electron chi connectivity index (χ0n) is 15.7. The third-order valence-electron chi connectivity index (χ3n) is 4.61.